The van der Waals surface area contributed by atoms with Gasteiger partial charge in [0.15, 0.2) is 9.84 Å². The molecular weight excluding hydrogens is 371 g/mol. The van der Waals surface area contributed by atoms with Gasteiger partial charge in [0.2, 0.25) is 0 Å². The van der Waals surface area contributed by atoms with Gasteiger partial charge in [-0.3, -0.25) is 9.36 Å². The topological polar surface area (TPSA) is 69.0 Å². The summed E-state index contributed by atoms with van der Waals surface area (Å²) in [7, 11) is -3.52. The van der Waals surface area contributed by atoms with Gasteiger partial charge < -0.3 is 0 Å². The van der Waals surface area contributed by atoms with Crippen LogP contribution < -0.4 is 5.56 Å². The molecule has 0 bridgehead atoms. The van der Waals surface area contributed by atoms with E-state index in [0.717, 1.165) is 0 Å². The Balaban J connectivity index is 1.88. The van der Waals surface area contributed by atoms with Gasteiger partial charge in [0, 0.05) is 16.6 Å². The van der Waals surface area contributed by atoms with Crippen LogP contribution in [0.2, 0.25) is 10.0 Å². The lowest BCUT2D eigenvalue weighted by Crippen LogP contribution is -2.24. The summed E-state index contributed by atoms with van der Waals surface area (Å²) in [5, 5.41) is 1.34. The fourth-order valence-corrected chi connectivity index (χ4v) is 3.78. The number of nitrogens with zero attached hydrogens (tertiary/aromatic N) is 2. The Hall–Kier alpha value is -1.89. The molecule has 0 aliphatic rings. The van der Waals surface area contributed by atoms with E-state index in [9.17, 15) is 13.2 Å². The monoisotopic (exact) mass is 382 g/mol. The molecule has 0 atom stereocenters. The van der Waals surface area contributed by atoms with E-state index in [1.54, 1.807) is 18.2 Å². The first-order valence-corrected chi connectivity index (χ1v) is 9.41. The van der Waals surface area contributed by atoms with E-state index in [0.29, 0.717) is 20.9 Å². The van der Waals surface area contributed by atoms with Gasteiger partial charge in [-0.15, -0.1) is 0 Å². The van der Waals surface area contributed by atoms with E-state index in [2.05, 4.69) is 4.98 Å². The van der Waals surface area contributed by atoms with Gasteiger partial charge >= 0.3 is 0 Å². The van der Waals surface area contributed by atoms with Crippen LogP contribution in [0.25, 0.3) is 10.9 Å². The molecule has 8 heteroatoms. The number of aromatic nitrogens is 2. The van der Waals surface area contributed by atoms with Crippen molar-refractivity contribution < 1.29 is 8.42 Å². The van der Waals surface area contributed by atoms with Crippen molar-refractivity contribution in [2.24, 2.45) is 0 Å². The first kappa shape index (κ1) is 17.0. The van der Waals surface area contributed by atoms with Gasteiger partial charge in [0.1, 0.15) is 0 Å². The van der Waals surface area contributed by atoms with Gasteiger partial charge in [-0.25, -0.2) is 13.4 Å². The second kappa shape index (κ2) is 6.55. The molecule has 2 aromatic carbocycles. The zero-order valence-electron chi connectivity index (χ0n) is 12.3. The van der Waals surface area contributed by atoms with E-state index in [1.807, 2.05) is 0 Å². The molecule has 0 saturated heterocycles. The minimum atomic E-state index is -3.52. The number of hydrogen-bond donors (Lipinski definition) is 0. The molecule has 0 aliphatic carbocycles. The standard InChI is InChI=1S/C16H12Cl2N2O3S/c17-11-1-4-13(5-2-11)24(22,23)8-7-20-10-19-15-9-12(18)3-6-14(15)16(20)21/h1-6,9-10H,7-8H2. The largest absolute Gasteiger partial charge is 0.298 e. The van der Waals surface area contributed by atoms with Crippen molar-refractivity contribution in [1.82, 2.24) is 9.55 Å². The Labute approximate surface area is 148 Å². The molecule has 3 rings (SSSR count). The van der Waals surface area contributed by atoms with E-state index in [1.165, 1.54) is 35.2 Å². The molecule has 0 unspecified atom stereocenters. The maximum atomic E-state index is 12.4. The van der Waals surface area contributed by atoms with Crippen molar-refractivity contribution in [1.29, 1.82) is 0 Å². The molecule has 0 radical (unpaired) electrons. The zero-order chi connectivity index (χ0) is 17.3. The minimum Gasteiger partial charge on any atom is -0.298 e. The molecule has 124 valence electrons. The third-order valence-electron chi connectivity index (χ3n) is 3.56. The molecule has 0 fully saturated rings. The predicted molar refractivity (Wildman–Crippen MR) is 94.5 cm³/mol. The smallest absolute Gasteiger partial charge is 0.261 e. The Morgan fingerprint density at radius 1 is 1.00 bits per heavy atom. The summed E-state index contributed by atoms with van der Waals surface area (Å²) < 4.78 is 26.0. The van der Waals surface area contributed by atoms with Gasteiger partial charge in [-0.05, 0) is 42.5 Å². The average Bonchev–Trinajstić information content (AvgIpc) is 2.54. The quantitative estimate of drug-likeness (QED) is 0.694. The fraction of sp³-hybridized carbons (Fsp3) is 0.125. The number of rotatable bonds is 4. The fourth-order valence-electron chi connectivity index (χ4n) is 2.27. The summed E-state index contributed by atoms with van der Waals surface area (Å²) >= 11 is 11.6. The van der Waals surface area contributed by atoms with Crippen LogP contribution in [0.5, 0.6) is 0 Å². The predicted octanol–water partition coefficient (Wildman–Crippen LogP) is 3.18. The maximum Gasteiger partial charge on any atom is 0.261 e. The number of aryl methyl sites for hydroxylation is 1. The summed E-state index contributed by atoms with van der Waals surface area (Å²) in [6, 6.07) is 10.7. The number of benzene rings is 2. The average molecular weight is 383 g/mol. The molecule has 1 aromatic heterocycles. The van der Waals surface area contributed by atoms with E-state index in [4.69, 9.17) is 23.2 Å². The van der Waals surface area contributed by atoms with Crippen molar-refractivity contribution in [2.45, 2.75) is 11.4 Å². The second-order valence-corrected chi connectivity index (χ2v) is 8.16. The van der Waals surface area contributed by atoms with Crippen LogP contribution in [-0.4, -0.2) is 23.7 Å². The maximum absolute atomic E-state index is 12.4. The van der Waals surface area contributed by atoms with Crippen LogP contribution in [0.3, 0.4) is 0 Å². The highest BCUT2D eigenvalue weighted by Gasteiger charge is 2.15. The minimum absolute atomic E-state index is 0.00929. The lowest BCUT2D eigenvalue weighted by atomic mass is 10.2. The van der Waals surface area contributed by atoms with Crippen LogP contribution >= 0.6 is 23.2 Å². The van der Waals surface area contributed by atoms with Gasteiger partial charge in [0.25, 0.3) is 5.56 Å². The van der Waals surface area contributed by atoms with Gasteiger partial charge in [-0.2, -0.15) is 0 Å². The second-order valence-electron chi connectivity index (χ2n) is 5.18. The SMILES string of the molecule is O=c1c2ccc(Cl)cc2ncn1CCS(=O)(=O)c1ccc(Cl)cc1. The molecule has 0 saturated carbocycles. The highest BCUT2D eigenvalue weighted by molar-refractivity contribution is 7.91. The number of fused-ring (bicyclic) bond motifs is 1. The van der Waals surface area contributed by atoms with Crippen molar-refractivity contribution in [3.8, 4) is 0 Å². The molecule has 3 aromatic rings. The van der Waals surface area contributed by atoms with E-state index < -0.39 is 9.84 Å². The number of hydrogen-bond acceptors (Lipinski definition) is 4. The Morgan fingerprint density at radius 2 is 1.67 bits per heavy atom. The summed E-state index contributed by atoms with van der Waals surface area (Å²) in [5.74, 6) is -0.213. The number of sulfone groups is 1. The summed E-state index contributed by atoms with van der Waals surface area (Å²) in [4.78, 5) is 16.7. The normalized spacial score (nSPS) is 11.8. The number of halogens is 2. The Kier molecular flexibility index (Phi) is 4.62. The van der Waals surface area contributed by atoms with Crippen molar-refractivity contribution >= 4 is 43.9 Å². The first-order chi connectivity index (χ1) is 11.4. The van der Waals surface area contributed by atoms with E-state index >= 15 is 0 Å². The third kappa shape index (κ3) is 3.45. The zero-order valence-corrected chi connectivity index (χ0v) is 14.6. The summed E-state index contributed by atoms with van der Waals surface area (Å²) in [6.45, 7) is 0.00929. The summed E-state index contributed by atoms with van der Waals surface area (Å²) in [6.07, 6.45) is 1.33. The highest BCUT2D eigenvalue weighted by Crippen LogP contribution is 2.16. The van der Waals surface area contributed by atoms with Crippen LogP contribution in [-0.2, 0) is 16.4 Å². The summed E-state index contributed by atoms with van der Waals surface area (Å²) in [5.41, 5.74) is 0.173. The Bertz CT molecular complexity index is 1060. The molecule has 5 nitrogen and oxygen atoms in total. The molecule has 0 N–H and O–H groups in total. The third-order valence-corrected chi connectivity index (χ3v) is 5.76. The van der Waals surface area contributed by atoms with Crippen molar-refractivity contribution in [2.75, 3.05) is 5.75 Å². The molecule has 0 amide bonds. The van der Waals surface area contributed by atoms with Crippen molar-refractivity contribution in [3.05, 3.63) is 69.2 Å². The van der Waals surface area contributed by atoms with Gasteiger partial charge in [0.05, 0.1) is 27.9 Å². The first-order valence-electron chi connectivity index (χ1n) is 7.00. The molecule has 0 aliphatic heterocycles. The lowest BCUT2D eigenvalue weighted by Gasteiger charge is -2.08. The van der Waals surface area contributed by atoms with Crippen LogP contribution in [0, 0.1) is 0 Å². The van der Waals surface area contributed by atoms with Crippen molar-refractivity contribution in [3.63, 3.8) is 0 Å². The van der Waals surface area contributed by atoms with Gasteiger partial charge in [-0.1, -0.05) is 23.2 Å². The van der Waals surface area contributed by atoms with E-state index in [-0.39, 0.29) is 22.8 Å². The molecule has 0 spiro atoms. The molecule has 24 heavy (non-hydrogen) atoms. The lowest BCUT2D eigenvalue weighted by molar-refractivity contribution is 0.586. The highest BCUT2D eigenvalue weighted by atomic mass is 35.5. The van der Waals surface area contributed by atoms with Crippen LogP contribution in [0.15, 0.2) is 58.5 Å². The van der Waals surface area contributed by atoms with Crippen LogP contribution in [0.4, 0.5) is 0 Å². The van der Waals surface area contributed by atoms with Crippen LogP contribution in [0.1, 0.15) is 0 Å². The molecule has 1 heterocycles. The Morgan fingerprint density at radius 3 is 2.38 bits per heavy atom. The molecular formula is C16H12Cl2N2O3S.